The predicted octanol–water partition coefficient (Wildman–Crippen LogP) is 3.04. The zero-order valence-electron chi connectivity index (χ0n) is 17.3. The van der Waals surface area contributed by atoms with Crippen molar-refractivity contribution in [1.82, 2.24) is 15.0 Å². The van der Waals surface area contributed by atoms with E-state index in [-0.39, 0.29) is 12.1 Å². The lowest BCUT2D eigenvalue weighted by atomic mass is 9.73. The highest BCUT2D eigenvalue weighted by molar-refractivity contribution is 7.85. The highest BCUT2D eigenvalue weighted by atomic mass is 35.5. The third-order valence-corrected chi connectivity index (χ3v) is 9.19. The minimum Gasteiger partial charge on any atom is -0.394 e. The monoisotopic (exact) mass is 459 g/mol. The van der Waals surface area contributed by atoms with Crippen LogP contribution in [0, 0.1) is 0 Å². The van der Waals surface area contributed by atoms with Gasteiger partial charge in [-0.25, -0.2) is 15.0 Å². The molecule has 2 saturated carbocycles. The molecule has 2 aliphatic carbocycles. The van der Waals surface area contributed by atoms with Gasteiger partial charge in [0.2, 0.25) is 0 Å². The van der Waals surface area contributed by atoms with Crippen molar-refractivity contribution in [3.63, 3.8) is 0 Å². The van der Waals surface area contributed by atoms with Crippen LogP contribution in [-0.2, 0) is 17.2 Å². The molecular weight excluding hydrogens is 434 g/mol. The summed E-state index contributed by atoms with van der Waals surface area (Å²) in [7, 11) is -1.02. The molecule has 3 atom stereocenters. The van der Waals surface area contributed by atoms with Gasteiger partial charge in [-0.1, -0.05) is 11.6 Å². The van der Waals surface area contributed by atoms with E-state index in [4.69, 9.17) is 16.6 Å². The Morgan fingerprint density at radius 3 is 2.61 bits per heavy atom. The second-order valence-corrected chi connectivity index (χ2v) is 11.3. The molecule has 2 aromatic rings. The molecule has 7 rings (SSSR count). The van der Waals surface area contributed by atoms with Gasteiger partial charge < -0.3 is 15.3 Å². The fourth-order valence-electron chi connectivity index (χ4n) is 5.72. The fraction of sp³-hybridized carbons (Fsp3) is 0.591. The first-order valence-corrected chi connectivity index (χ1v) is 12.8. The van der Waals surface area contributed by atoms with E-state index in [0.717, 1.165) is 72.9 Å². The van der Waals surface area contributed by atoms with Crippen LogP contribution in [0.2, 0.25) is 5.02 Å². The Morgan fingerprint density at radius 1 is 1.23 bits per heavy atom. The van der Waals surface area contributed by atoms with Crippen LogP contribution in [0.25, 0.3) is 0 Å². The summed E-state index contributed by atoms with van der Waals surface area (Å²) in [4.78, 5) is 17.1. The summed E-state index contributed by atoms with van der Waals surface area (Å²) in [6, 6.07) is 2.92. The second kappa shape index (κ2) is 7.39. The molecule has 3 aliphatic heterocycles. The number of hydrogen-bond acceptors (Lipinski definition) is 7. The first-order chi connectivity index (χ1) is 15.0. The Hall–Kier alpha value is -1.77. The molecule has 2 aromatic heterocycles. The van der Waals surface area contributed by atoms with Crippen LogP contribution in [0.4, 0.5) is 11.5 Å². The average molecular weight is 460 g/mol. The van der Waals surface area contributed by atoms with Crippen molar-refractivity contribution in [2.45, 2.75) is 73.4 Å². The SMILES string of the molecule is O=S1CCc2nc(N3C4CC(c5ncc(Cl)cn5)CC3C4)cc(NC3(CO)CCC3)c21. The number of hydrogen-bond donors (Lipinski definition) is 2. The molecule has 2 saturated heterocycles. The zero-order chi connectivity index (χ0) is 21.2. The minimum absolute atomic E-state index is 0.101. The van der Waals surface area contributed by atoms with Crippen LogP contribution >= 0.6 is 11.6 Å². The first kappa shape index (κ1) is 19.9. The number of fused-ring (bicyclic) bond motifs is 3. The molecule has 3 unspecified atom stereocenters. The van der Waals surface area contributed by atoms with Gasteiger partial charge in [-0.05, 0) is 38.5 Å². The third-order valence-electron chi connectivity index (χ3n) is 7.51. The van der Waals surface area contributed by atoms with Crippen LogP contribution in [0.3, 0.4) is 0 Å². The van der Waals surface area contributed by atoms with Gasteiger partial charge in [-0.3, -0.25) is 4.21 Å². The van der Waals surface area contributed by atoms with E-state index in [2.05, 4.69) is 26.3 Å². The van der Waals surface area contributed by atoms with Crippen LogP contribution in [0.5, 0.6) is 0 Å². The molecule has 0 aromatic carbocycles. The van der Waals surface area contributed by atoms with Gasteiger partial charge in [0.1, 0.15) is 11.6 Å². The Kier molecular flexibility index (Phi) is 4.74. The van der Waals surface area contributed by atoms with Gasteiger partial charge in [0.25, 0.3) is 0 Å². The molecule has 2 N–H and O–H groups in total. The first-order valence-electron chi connectivity index (χ1n) is 11.1. The van der Waals surface area contributed by atoms with Crippen LogP contribution in [0.15, 0.2) is 23.4 Å². The van der Waals surface area contributed by atoms with E-state index in [1.807, 2.05) is 0 Å². The van der Waals surface area contributed by atoms with Crippen LogP contribution < -0.4 is 10.2 Å². The number of nitrogens with one attached hydrogen (secondary N) is 1. The van der Waals surface area contributed by atoms with Crippen molar-refractivity contribution in [2.24, 2.45) is 0 Å². The third kappa shape index (κ3) is 3.26. The van der Waals surface area contributed by atoms with Gasteiger partial charge >= 0.3 is 0 Å². The Morgan fingerprint density at radius 2 is 1.97 bits per heavy atom. The van der Waals surface area contributed by atoms with Crippen LogP contribution in [0.1, 0.15) is 56.0 Å². The Labute approximate surface area is 189 Å². The van der Waals surface area contributed by atoms with E-state index in [1.54, 1.807) is 12.4 Å². The van der Waals surface area contributed by atoms with E-state index < -0.39 is 10.8 Å². The smallest absolute Gasteiger partial charge is 0.131 e. The number of aliphatic hydroxyl groups is 1. The Balaban J connectivity index is 1.28. The molecule has 31 heavy (non-hydrogen) atoms. The maximum Gasteiger partial charge on any atom is 0.131 e. The van der Waals surface area contributed by atoms with Crippen molar-refractivity contribution in [3.8, 4) is 0 Å². The number of nitrogens with zero attached hydrogens (tertiary/aromatic N) is 4. The molecule has 0 radical (unpaired) electrons. The molecule has 4 fully saturated rings. The van der Waals surface area contributed by atoms with Gasteiger partial charge in [-0.2, -0.15) is 0 Å². The average Bonchev–Trinajstić information content (AvgIpc) is 3.12. The topological polar surface area (TPSA) is 91.2 Å². The number of halogens is 1. The summed E-state index contributed by atoms with van der Waals surface area (Å²) in [5.41, 5.74) is 1.58. The van der Waals surface area contributed by atoms with Gasteiger partial charge in [0.05, 0.1) is 44.2 Å². The second-order valence-electron chi connectivity index (χ2n) is 9.40. The zero-order valence-corrected chi connectivity index (χ0v) is 18.8. The van der Waals surface area contributed by atoms with E-state index in [0.29, 0.717) is 28.8 Å². The molecule has 164 valence electrons. The lowest BCUT2D eigenvalue weighted by molar-refractivity contribution is 0.144. The number of aryl methyl sites for hydroxylation is 1. The molecule has 0 spiro atoms. The summed E-state index contributed by atoms with van der Waals surface area (Å²) in [5, 5.41) is 14.1. The number of rotatable bonds is 5. The summed E-state index contributed by atoms with van der Waals surface area (Å²) in [6.45, 7) is 0.101. The normalized spacial score (nSPS) is 30.3. The van der Waals surface area contributed by atoms with E-state index in [9.17, 15) is 9.32 Å². The summed E-state index contributed by atoms with van der Waals surface area (Å²) < 4.78 is 12.7. The molecule has 7 nitrogen and oxygen atoms in total. The molecule has 0 amide bonds. The number of pyridine rings is 1. The highest BCUT2D eigenvalue weighted by Crippen LogP contribution is 2.48. The van der Waals surface area contributed by atoms with Crippen molar-refractivity contribution in [1.29, 1.82) is 0 Å². The van der Waals surface area contributed by atoms with Crippen LogP contribution in [-0.4, -0.2) is 54.2 Å². The summed E-state index contributed by atoms with van der Waals surface area (Å²) >= 11 is 5.95. The van der Waals surface area contributed by atoms with Crippen molar-refractivity contribution in [2.75, 3.05) is 22.6 Å². The molecule has 5 heterocycles. The van der Waals surface area contributed by atoms with E-state index >= 15 is 0 Å². The molecule has 2 bridgehead atoms. The number of aromatic nitrogens is 3. The van der Waals surface area contributed by atoms with Crippen molar-refractivity contribution < 1.29 is 9.32 Å². The molecule has 9 heteroatoms. The minimum atomic E-state index is -1.02. The predicted molar refractivity (Wildman–Crippen MR) is 120 cm³/mol. The molecule has 5 aliphatic rings. The maximum absolute atomic E-state index is 12.7. The largest absolute Gasteiger partial charge is 0.394 e. The quantitative estimate of drug-likeness (QED) is 0.710. The fourth-order valence-corrected chi connectivity index (χ4v) is 7.16. The van der Waals surface area contributed by atoms with Gasteiger partial charge in [-0.15, -0.1) is 0 Å². The van der Waals surface area contributed by atoms with Gasteiger partial charge in [0, 0.05) is 48.6 Å². The van der Waals surface area contributed by atoms with E-state index in [1.165, 1.54) is 0 Å². The maximum atomic E-state index is 12.7. The number of aliphatic hydroxyl groups excluding tert-OH is 1. The lowest BCUT2D eigenvalue weighted by Gasteiger charge is -2.56. The highest BCUT2D eigenvalue weighted by Gasteiger charge is 2.47. The lowest BCUT2D eigenvalue weighted by Crippen LogP contribution is -2.61. The Bertz CT molecular complexity index is 1030. The van der Waals surface area contributed by atoms with Crippen molar-refractivity contribution >= 4 is 33.9 Å². The van der Waals surface area contributed by atoms with Gasteiger partial charge in [0.15, 0.2) is 0 Å². The molecular formula is C22H26ClN5O2S. The summed E-state index contributed by atoms with van der Waals surface area (Å²) in [6.07, 6.45) is 10.3. The standard InChI is InChI=1S/C22H26ClN5O2S/c23-14-10-24-21(25-11-14)13-6-15-8-16(7-13)28(15)19-9-18(27-22(12-29)3-1-4-22)20-17(26-19)2-5-31(20)30/h9-11,13,15-16,29H,1-8,12H2,(H,26,27). The summed E-state index contributed by atoms with van der Waals surface area (Å²) in [5.74, 6) is 2.84. The van der Waals surface area contributed by atoms with Crippen molar-refractivity contribution in [3.05, 3.63) is 35.0 Å². The number of piperidine rings is 1. The number of anilines is 2.